The molecular weight excluding hydrogens is 440 g/mol. The maximum atomic E-state index is 14.0. The van der Waals surface area contributed by atoms with Crippen LogP contribution in [0.4, 0.5) is 8.78 Å². The number of ether oxygens (including phenoxy) is 2. The Morgan fingerprint density at radius 3 is 2.56 bits per heavy atom. The molecule has 0 aliphatic rings. The lowest BCUT2D eigenvalue weighted by atomic mass is 10.1. The maximum absolute atomic E-state index is 14.0. The smallest absolute Gasteiger partial charge is 0.343 e. The lowest BCUT2D eigenvalue weighted by molar-refractivity contribution is 0.0596. The van der Waals surface area contributed by atoms with Crippen LogP contribution >= 0.6 is 11.6 Å². The van der Waals surface area contributed by atoms with Crippen LogP contribution in [0, 0.1) is 11.6 Å². The van der Waals surface area contributed by atoms with E-state index in [4.69, 9.17) is 21.1 Å². The Balaban J connectivity index is 1.68. The number of methoxy groups -OCH3 is 2. The van der Waals surface area contributed by atoms with Gasteiger partial charge in [-0.2, -0.15) is 5.10 Å². The molecule has 32 heavy (non-hydrogen) atoms. The van der Waals surface area contributed by atoms with Crippen molar-refractivity contribution in [3.8, 4) is 5.88 Å². The lowest BCUT2D eigenvalue weighted by Gasteiger charge is -2.12. The number of fused-ring (bicyclic) bond motifs is 1. The first-order chi connectivity index (χ1) is 15.4. The third kappa shape index (κ3) is 4.27. The molecule has 0 atom stereocenters. The van der Waals surface area contributed by atoms with E-state index in [1.807, 2.05) is 0 Å². The summed E-state index contributed by atoms with van der Waals surface area (Å²) in [5.74, 6) is -1.67. The molecule has 4 aromatic rings. The minimum absolute atomic E-state index is 0.0242. The van der Waals surface area contributed by atoms with Gasteiger partial charge in [0.25, 0.3) is 0 Å². The monoisotopic (exact) mass is 457 g/mol. The average Bonchev–Trinajstić information content (AvgIpc) is 3.21. The number of pyridine rings is 1. The van der Waals surface area contributed by atoms with Gasteiger partial charge in [0.05, 0.1) is 32.0 Å². The van der Waals surface area contributed by atoms with Crippen molar-refractivity contribution in [2.24, 2.45) is 0 Å². The largest absolute Gasteiger partial charge is 0.480 e. The number of hydrogen-bond acceptors (Lipinski definition) is 5. The molecule has 0 saturated carbocycles. The second-order valence-corrected chi connectivity index (χ2v) is 7.49. The molecule has 0 fully saturated rings. The first kappa shape index (κ1) is 21.7. The third-order valence-electron chi connectivity index (χ3n) is 4.97. The molecule has 9 heteroatoms. The Hall–Kier alpha value is -3.52. The van der Waals surface area contributed by atoms with Gasteiger partial charge in [-0.15, -0.1) is 0 Å². The van der Waals surface area contributed by atoms with Crippen LogP contribution in [0.3, 0.4) is 0 Å². The van der Waals surface area contributed by atoms with Crippen molar-refractivity contribution in [3.63, 3.8) is 0 Å². The van der Waals surface area contributed by atoms with Gasteiger partial charge < -0.3 is 9.47 Å². The van der Waals surface area contributed by atoms with Crippen LogP contribution in [0.25, 0.3) is 10.9 Å². The highest BCUT2D eigenvalue weighted by Crippen LogP contribution is 2.29. The zero-order chi connectivity index (χ0) is 22.8. The highest BCUT2D eigenvalue weighted by Gasteiger charge is 2.18. The second-order valence-electron chi connectivity index (χ2n) is 7.06. The minimum Gasteiger partial charge on any atom is -0.480 e. The lowest BCUT2D eigenvalue weighted by Crippen LogP contribution is -2.08. The van der Waals surface area contributed by atoms with E-state index in [2.05, 4.69) is 10.1 Å². The molecule has 0 radical (unpaired) electrons. The molecule has 0 saturated heterocycles. The summed E-state index contributed by atoms with van der Waals surface area (Å²) in [6, 6.07) is 10.5. The molecule has 0 spiro atoms. The minimum atomic E-state index is -0.613. The zero-order valence-electron chi connectivity index (χ0n) is 17.2. The molecule has 164 valence electrons. The number of carbonyl (C=O) groups excluding carboxylic acids is 1. The molecule has 0 bridgehead atoms. The van der Waals surface area contributed by atoms with E-state index < -0.39 is 17.6 Å². The summed E-state index contributed by atoms with van der Waals surface area (Å²) in [5.41, 5.74) is 1.97. The Morgan fingerprint density at radius 2 is 1.88 bits per heavy atom. The van der Waals surface area contributed by atoms with Gasteiger partial charge in [0.2, 0.25) is 5.88 Å². The van der Waals surface area contributed by atoms with Crippen LogP contribution in [-0.2, 0) is 17.7 Å². The first-order valence-corrected chi connectivity index (χ1v) is 9.98. The molecule has 2 aromatic heterocycles. The summed E-state index contributed by atoms with van der Waals surface area (Å²) in [4.78, 5) is 16.5. The molecule has 0 N–H and O–H groups in total. The van der Waals surface area contributed by atoms with Crippen LogP contribution in [0.5, 0.6) is 5.88 Å². The SMILES string of the molecule is COC(=O)c1cc2cc(Cl)cc(Cn3ccc(Cc4c(F)cccc4F)n3)c2nc1OC. The molecule has 0 aliphatic carbocycles. The first-order valence-electron chi connectivity index (χ1n) is 9.60. The summed E-state index contributed by atoms with van der Waals surface area (Å²) < 4.78 is 39.6. The van der Waals surface area contributed by atoms with Crippen LogP contribution in [0.15, 0.2) is 48.7 Å². The fraction of sp³-hybridized carbons (Fsp3) is 0.174. The van der Waals surface area contributed by atoms with Crippen LogP contribution < -0.4 is 4.74 Å². The van der Waals surface area contributed by atoms with Gasteiger partial charge in [-0.05, 0) is 36.4 Å². The topological polar surface area (TPSA) is 66.2 Å². The van der Waals surface area contributed by atoms with E-state index in [0.717, 1.165) is 5.56 Å². The molecule has 6 nitrogen and oxygen atoms in total. The third-order valence-corrected chi connectivity index (χ3v) is 5.19. The number of nitrogens with zero attached hydrogens (tertiary/aromatic N) is 3. The van der Waals surface area contributed by atoms with E-state index in [9.17, 15) is 13.6 Å². The predicted molar refractivity (Wildman–Crippen MR) is 115 cm³/mol. The summed E-state index contributed by atoms with van der Waals surface area (Å²) in [7, 11) is 2.69. The van der Waals surface area contributed by atoms with E-state index in [0.29, 0.717) is 28.2 Å². The Bertz CT molecular complexity index is 1300. The van der Waals surface area contributed by atoms with E-state index in [1.54, 1.807) is 35.1 Å². The van der Waals surface area contributed by atoms with Crippen molar-refractivity contribution in [2.75, 3.05) is 14.2 Å². The van der Waals surface area contributed by atoms with Crippen LogP contribution in [0.1, 0.15) is 27.2 Å². The molecule has 0 unspecified atom stereocenters. The van der Waals surface area contributed by atoms with Crippen LogP contribution in [-0.4, -0.2) is 35.0 Å². The standard InChI is InChI=1S/C23H18ClF2N3O3/c1-31-22-18(23(30)32-2)10-13-8-15(24)9-14(21(13)27-22)12-29-7-6-16(28-29)11-17-19(25)4-3-5-20(17)26/h3-10H,11-12H2,1-2H3. The number of carbonyl (C=O) groups is 1. The molecule has 2 aromatic carbocycles. The van der Waals surface area contributed by atoms with Gasteiger partial charge in [-0.1, -0.05) is 17.7 Å². The van der Waals surface area contributed by atoms with Gasteiger partial charge in [-0.25, -0.2) is 18.6 Å². The van der Waals surface area contributed by atoms with E-state index in [-0.39, 0.29) is 23.4 Å². The van der Waals surface area contributed by atoms with Gasteiger partial charge in [-0.3, -0.25) is 4.68 Å². The highest BCUT2D eigenvalue weighted by molar-refractivity contribution is 6.31. The van der Waals surface area contributed by atoms with Crippen molar-refractivity contribution < 1.29 is 23.0 Å². The van der Waals surface area contributed by atoms with Crippen molar-refractivity contribution in [1.82, 2.24) is 14.8 Å². The normalized spacial score (nSPS) is 11.0. The number of hydrogen-bond donors (Lipinski definition) is 0. The van der Waals surface area contributed by atoms with Crippen molar-refractivity contribution >= 4 is 28.5 Å². The number of aromatic nitrogens is 3. The Kier molecular flexibility index (Phi) is 6.05. The second kappa shape index (κ2) is 8.92. The fourth-order valence-corrected chi connectivity index (χ4v) is 3.73. The number of halogens is 3. The number of esters is 1. The summed E-state index contributed by atoms with van der Waals surface area (Å²) in [5, 5.41) is 5.52. The summed E-state index contributed by atoms with van der Waals surface area (Å²) >= 11 is 6.29. The molecule has 2 heterocycles. The summed E-state index contributed by atoms with van der Waals surface area (Å²) in [6.45, 7) is 0.296. The maximum Gasteiger partial charge on any atom is 0.343 e. The van der Waals surface area contributed by atoms with Gasteiger partial charge in [0, 0.05) is 34.2 Å². The van der Waals surface area contributed by atoms with Crippen molar-refractivity contribution in [1.29, 1.82) is 0 Å². The molecular formula is C23H18ClF2N3O3. The van der Waals surface area contributed by atoms with E-state index >= 15 is 0 Å². The predicted octanol–water partition coefficient (Wildman–Crippen LogP) is 4.80. The number of benzene rings is 2. The van der Waals surface area contributed by atoms with E-state index in [1.165, 1.54) is 32.4 Å². The quantitative estimate of drug-likeness (QED) is 0.389. The van der Waals surface area contributed by atoms with Crippen molar-refractivity contribution in [2.45, 2.75) is 13.0 Å². The number of rotatable bonds is 6. The highest BCUT2D eigenvalue weighted by atomic mass is 35.5. The fourth-order valence-electron chi connectivity index (χ4n) is 3.48. The molecule has 0 amide bonds. The molecule has 4 rings (SSSR count). The van der Waals surface area contributed by atoms with Gasteiger partial charge in [0.15, 0.2) is 0 Å². The zero-order valence-corrected chi connectivity index (χ0v) is 18.0. The summed E-state index contributed by atoms with van der Waals surface area (Å²) in [6.07, 6.45) is 1.73. The van der Waals surface area contributed by atoms with Gasteiger partial charge in [0.1, 0.15) is 17.2 Å². The van der Waals surface area contributed by atoms with Gasteiger partial charge >= 0.3 is 5.97 Å². The molecule has 0 aliphatic heterocycles. The van der Waals surface area contributed by atoms with Crippen LogP contribution in [0.2, 0.25) is 5.02 Å². The Morgan fingerprint density at radius 1 is 1.12 bits per heavy atom. The Labute approximate surface area is 187 Å². The van der Waals surface area contributed by atoms with Crippen molar-refractivity contribution in [3.05, 3.63) is 87.7 Å². The average molecular weight is 458 g/mol.